The molecule has 266 valence electrons. The van der Waals surface area contributed by atoms with E-state index in [0.717, 1.165) is 37.2 Å². The third-order valence-electron chi connectivity index (χ3n) is 14.1. The van der Waals surface area contributed by atoms with E-state index in [2.05, 4.69) is 47.6 Å². The minimum Gasteiger partial charge on any atom is -0.264 e. The van der Waals surface area contributed by atoms with E-state index in [9.17, 15) is 38.9 Å². The molecule has 0 bridgehead atoms. The summed E-state index contributed by atoms with van der Waals surface area (Å²) < 4.78 is 115. The first-order chi connectivity index (χ1) is 20.9. The topological polar surface area (TPSA) is 191 Å². The molecule has 0 aromatic rings. The summed E-state index contributed by atoms with van der Waals surface area (Å²) in [6.07, 6.45) is 4.06. The van der Waals surface area contributed by atoms with Crippen molar-refractivity contribution >= 4 is 31.2 Å². The molecule has 0 aromatic heterocycles. The summed E-state index contributed by atoms with van der Waals surface area (Å²) in [5.41, 5.74) is 0.0205. The zero-order chi connectivity index (χ0) is 34.5. The van der Waals surface area contributed by atoms with Crippen molar-refractivity contribution in [2.75, 3.05) is 0 Å². The van der Waals surface area contributed by atoms with Crippen LogP contribution in [0.15, 0.2) is 11.6 Å². The molecule has 5 aliphatic rings. The van der Waals surface area contributed by atoms with E-state index in [1.807, 2.05) is 6.92 Å². The molecule has 0 aliphatic heterocycles. The smallest absolute Gasteiger partial charge is 0.264 e. The average molecular weight is 713 g/mol. The van der Waals surface area contributed by atoms with Crippen LogP contribution in [-0.4, -0.2) is 57.2 Å². The van der Waals surface area contributed by atoms with E-state index in [0.29, 0.717) is 23.2 Å². The van der Waals surface area contributed by atoms with Gasteiger partial charge < -0.3 is 0 Å². The lowest BCUT2D eigenvalue weighted by atomic mass is 9.43. The van der Waals surface area contributed by atoms with Crippen molar-refractivity contribution in [3.05, 3.63) is 11.6 Å². The average Bonchev–Trinajstić information content (AvgIpc) is 3.45. The monoisotopic (exact) mass is 712 g/mol. The van der Waals surface area contributed by atoms with Gasteiger partial charge in [-0.1, -0.05) is 60.1 Å². The van der Waals surface area contributed by atoms with Gasteiger partial charge in [-0.05, 0) is 115 Å². The van der Waals surface area contributed by atoms with Gasteiger partial charge in [0.25, 0.3) is 0 Å². The van der Waals surface area contributed by atoms with Gasteiger partial charge in [0.1, 0.15) is 12.2 Å². The maximum absolute atomic E-state index is 12.2. The fourth-order valence-electron chi connectivity index (χ4n) is 11.3. The lowest BCUT2D eigenvalue weighted by molar-refractivity contribution is -0.122. The van der Waals surface area contributed by atoms with Gasteiger partial charge in [0.2, 0.25) is 0 Å². The molecule has 5 rings (SSSR count). The molecule has 3 N–H and O–H groups in total. The number of hydrogen-bond donors (Lipinski definition) is 3. The predicted octanol–water partition coefficient (Wildman–Crippen LogP) is 5.84. The standard InChI is InChI=1S/C31H52O12S3/c1-18(2)31(16-20(31)4)13-8-19(3)21-9-11-30(7)23-14-25(41-44(32,33)34)24-15-26(42-45(35,36)37)27(43-46(38,39)40)17-28(24,5)22(23)10-12-29(21,30)6/h10,18-21,23-27H,8-9,11-17H2,1-7H3,(H,32,33,34)(H,35,36,37)(H,38,39,40)/t19-,20?,21-,23-,24?,25+,26?,27+,28?,29?,30?,31+/m1/s1. The Labute approximate surface area is 275 Å². The second-order valence-electron chi connectivity index (χ2n) is 16.3. The number of rotatable bonds is 11. The van der Waals surface area contributed by atoms with E-state index in [1.54, 1.807) is 0 Å². The van der Waals surface area contributed by atoms with Gasteiger partial charge in [0.15, 0.2) is 0 Å². The van der Waals surface area contributed by atoms with E-state index in [1.165, 1.54) is 12.8 Å². The normalized spacial score (nSPS) is 45.0. The summed E-state index contributed by atoms with van der Waals surface area (Å²) in [5, 5.41) is 0. The highest BCUT2D eigenvalue weighted by molar-refractivity contribution is 7.81. The molecule has 0 aromatic carbocycles. The minimum atomic E-state index is -5.09. The molecule has 12 nitrogen and oxygen atoms in total. The molecule has 4 saturated carbocycles. The van der Waals surface area contributed by atoms with E-state index >= 15 is 0 Å². The van der Waals surface area contributed by atoms with Crippen LogP contribution in [-0.2, 0) is 43.7 Å². The first-order valence-electron chi connectivity index (χ1n) is 16.5. The van der Waals surface area contributed by atoms with Crippen molar-refractivity contribution in [1.82, 2.24) is 0 Å². The number of allylic oxidation sites excluding steroid dienone is 2. The van der Waals surface area contributed by atoms with Gasteiger partial charge in [-0.3, -0.25) is 13.7 Å². The van der Waals surface area contributed by atoms with Gasteiger partial charge in [-0.15, -0.1) is 0 Å². The molecule has 0 saturated heterocycles. The Morgan fingerprint density at radius 1 is 0.826 bits per heavy atom. The first-order valence-corrected chi connectivity index (χ1v) is 20.6. The minimum absolute atomic E-state index is 0.123. The number of fused-ring (bicyclic) bond motifs is 5. The Kier molecular flexibility index (Phi) is 9.33. The Morgan fingerprint density at radius 3 is 1.89 bits per heavy atom. The summed E-state index contributed by atoms with van der Waals surface area (Å²) in [5.74, 6) is 1.33. The van der Waals surface area contributed by atoms with Crippen LogP contribution in [0.5, 0.6) is 0 Å². The molecule has 0 amide bonds. The highest BCUT2D eigenvalue weighted by Gasteiger charge is 2.67. The van der Waals surface area contributed by atoms with Crippen molar-refractivity contribution in [3.8, 4) is 0 Å². The van der Waals surface area contributed by atoms with Crippen LogP contribution in [0.25, 0.3) is 0 Å². The molecule has 4 fully saturated rings. The summed E-state index contributed by atoms with van der Waals surface area (Å²) >= 11 is 0. The van der Waals surface area contributed by atoms with Crippen LogP contribution < -0.4 is 0 Å². The molecule has 0 radical (unpaired) electrons. The van der Waals surface area contributed by atoms with Gasteiger partial charge in [0.05, 0.1) is 6.10 Å². The van der Waals surface area contributed by atoms with Crippen LogP contribution >= 0.6 is 0 Å². The fraction of sp³-hybridized carbons (Fsp3) is 0.935. The zero-order valence-corrected chi connectivity index (χ0v) is 30.3. The number of hydrogen-bond acceptors (Lipinski definition) is 9. The molecule has 15 heteroatoms. The van der Waals surface area contributed by atoms with E-state index < -0.39 is 60.8 Å². The molecule has 0 spiro atoms. The van der Waals surface area contributed by atoms with Crippen LogP contribution in [0.3, 0.4) is 0 Å². The second-order valence-corrected chi connectivity index (χ2v) is 19.4. The van der Waals surface area contributed by atoms with Crippen molar-refractivity contribution in [2.45, 2.75) is 125 Å². The van der Waals surface area contributed by atoms with Gasteiger partial charge in [-0.25, -0.2) is 12.5 Å². The van der Waals surface area contributed by atoms with Crippen molar-refractivity contribution in [2.24, 2.45) is 57.2 Å². The third kappa shape index (κ3) is 6.50. The lowest BCUT2D eigenvalue weighted by Gasteiger charge is -2.63. The van der Waals surface area contributed by atoms with Gasteiger partial charge >= 0.3 is 31.2 Å². The molecule has 46 heavy (non-hydrogen) atoms. The van der Waals surface area contributed by atoms with Gasteiger partial charge in [0, 0.05) is 0 Å². The van der Waals surface area contributed by atoms with Crippen molar-refractivity contribution in [1.29, 1.82) is 0 Å². The quantitative estimate of drug-likeness (QED) is 0.172. The van der Waals surface area contributed by atoms with Crippen LogP contribution in [0.1, 0.15) is 106 Å². The van der Waals surface area contributed by atoms with Crippen molar-refractivity contribution in [3.63, 3.8) is 0 Å². The SMILES string of the molecule is CC(C)[C@]1(CC[C@@H](C)[C@H]2CCC3(C)[C@@H]4C[C@H](OS(=O)(=O)O)C5CC(OS(=O)(=O)O)[C@@H](OS(=O)(=O)O)CC5(C)C4=CCC23C)CC1C. The molecular formula is C31H52O12S3. The Balaban J connectivity index is 1.51. The summed E-state index contributed by atoms with van der Waals surface area (Å²) in [7, 11) is -15.1. The maximum atomic E-state index is 12.2. The zero-order valence-electron chi connectivity index (χ0n) is 27.9. The second kappa shape index (κ2) is 11.7. The summed E-state index contributed by atoms with van der Waals surface area (Å²) in [4.78, 5) is 0. The molecular weight excluding hydrogens is 661 g/mol. The summed E-state index contributed by atoms with van der Waals surface area (Å²) in [6, 6.07) is 0. The van der Waals surface area contributed by atoms with Crippen LogP contribution in [0.4, 0.5) is 0 Å². The highest BCUT2D eigenvalue weighted by Crippen LogP contribution is 2.72. The summed E-state index contributed by atoms with van der Waals surface area (Å²) in [6.45, 7) is 15.8. The highest BCUT2D eigenvalue weighted by atomic mass is 32.3. The Hall–Kier alpha value is -0.650. The van der Waals surface area contributed by atoms with Crippen molar-refractivity contribution < 1.29 is 51.5 Å². The van der Waals surface area contributed by atoms with Crippen LogP contribution in [0, 0.1) is 57.2 Å². The molecule has 6 unspecified atom stereocenters. The molecule has 12 atom stereocenters. The van der Waals surface area contributed by atoms with Gasteiger partial charge in [-0.2, -0.15) is 25.3 Å². The van der Waals surface area contributed by atoms with Crippen LogP contribution in [0.2, 0.25) is 0 Å². The largest absolute Gasteiger partial charge is 0.397 e. The Morgan fingerprint density at radius 2 is 1.37 bits per heavy atom. The first kappa shape index (κ1) is 36.6. The predicted molar refractivity (Wildman–Crippen MR) is 169 cm³/mol. The maximum Gasteiger partial charge on any atom is 0.397 e. The van der Waals surface area contributed by atoms with E-state index in [-0.39, 0.29) is 36.0 Å². The lowest BCUT2D eigenvalue weighted by Crippen LogP contribution is -2.60. The molecule has 5 aliphatic carbocycles. The third-order valence-corrected chi connectivity index (χ3v) is 15.5. The Bertz CT molecular complexity index is 1560. The molecule has 0 heterocycles. The fourth-order valence-corrected chi connectivity index (χ4v) is 12.8. The van der Waals surface area contributed by atoms with E-state index in [4.69, 9.17) is 12.5 Å².